The number of furan rings is 1. The Kier molecular flexibility index (Phi) is 5.72. The average Bonchev–Trinajstić information content (AvgIpc) is 2.86. The van der Waals surface area contributed by atoms with Gasteiger partial charge in [0.15, 0.2) is 0 Å². The van der Waals surface area contributed by atoms with Gasteiger partial charge in [-0.3, -0.25) is 0 Å². The molecule has 26 heavy (non-hydrogen) atoms. The molecule has 9 heteroatoms. The van der Waals surface area contributed by atoms with Gasteiger partial charge in [0.1, 0.15) is 17.1 Å². The summed E-state index contributed by atoms with van der Waals surface area (Å²) < 4.78 is 44.0. The molecule has 0 radical (unpaired) electrons. The summed E-state index contributed by atoms with van der Waals surface area (Å²) in [6, 6.07) is 3.85. The number of hydrogen-bond acceptors (Lipinski definition) is 3. The van der Waals surface area contributed by atoms with Crippen LogP contribution in [0, 0.1) is 13.8 Å². The molecule has 0 fully saturated rings. The molecule has 5 nitrogen and oxygen atoms in total. The summed E-state index contributed by atoms with van der Waals surface area (Å²) in [6.07, 6.45) is -4.52. The van der Waals surface area contributed by atoms with Gasteiger partial charge < -0.3 is 20.2 Å². The van der Waals surface area contributed by atoms with Crippen LogP contribution in [0.15, 0.2) is 33.2 Å². The molecule has 1 heterocycles. The lowest BCUT2D eigenvalue weighted by Gasteiger charge is -2.23. The largest absolute Gasteiger partial charge is 0.466 e. The van der Waals surface area contributed by atoms with Crippen molar-refractivity contribution in [1.29, 1.82) is 0 Å². The van der Waals surface area contributed by atoms with Gasteiger partial charge in [0, 0.05) is 10.0 Å². The topological polar surface area (TPSA) is 74.5 Å². The van der Waals surface area contributed by atoms with Crippen LogP contribution in [0.4, 0.5) is 23.7 Å². The van der Waals surface area contributed by atoms with Gasteiger partial charge in [0.05, 0.1) is 17.8 Å². The van der Waals surface area contributed by atoms with E-state index in [9.17, 15) is 23.1 Å². The van der Waals surface area contributed by atoms with Gasteiger partial charge in [-0.2, -0.15) is 13.2 Å². The Morgan fingerprint density at radius 3 is 2.46 bits per heavy atom. The van der Waals surface area contributed by atoms with Crippen molar-refractivity contribution in [2.75, 3.05) is 11.9 Å². The van der Waals surface area contributed by atoms with Crippen LogP contribution in [-0.2, 0) is 11.8 Å². The van der Waals surface area contributed by atoms with Crippen LogP contribution < -0.4 is 10.6 Å². The lowest BCUT2D eigenvalue weighted by atomic mass is 9.96. The molecule has 0 saturated heterocycles. The van der Waals surface area contributed by atoms with Gasteiger partial charge in [-0.1, -0.05) is 0 Å². The number of carbonyl (C=O) groups is 1. The van der Waals surface area contributed by atoms with E-state index in [2.05, 4.69) is 26.6 Å². The summed E-state index contributed by atoms with van der Waals surface area (Å²) in [5, 5.41) is 15.3. The highest BCUT2D eigenvalue weighted by Crippen LogP contribution is 2.34. The SMILES string of the molecule is Cc1cc([C@@](C)(O)CNC(=O)Nc2cc(C(F)(F)F)ccc2Br)c(C)o1. The summed E-state index contributed by atoms with van der Waals surface area (Å²) in [5.74, 6) is 1.14. The summed E-state index contributed by atoms with van der Waals surface area (Å²) in [4.78, 5) is 12.0. The summed E-state index contributed by atoms with van der Waals surface area (Å²) in [6.45, 7) is 4.77. The lowest BCUT2D eigenvalue weighted by molar-refractivity contribution is -0.137. The minimum Gasteiger partial charge on any atom is -0.466 e. The molecule has 2 rings (SSSR count). The second-order valence-electron chi connectivity index (χ2n) is 6.10. The summed E-state index contributed by atoms with van der Waals surface area (Å²) >= 11 is 3.09. The van der Waals surface area contributed by atoms with Crippen molar-refractivity contribution < 1.29 is 27.5 Å². The maximum Gasteiger partial charge on any atom is 0.416 e. The first kappa shape index (κ1) is 20.3. The predicted octanol–water partition coefficient (Wildman–Crippen LogP) is 4.71. The van der Waals surface area contributed by atoms with Gasteiger partial charge in [-0.25, -0.2) is 4.79 Å². The third-order valence-corrected chi connectivity index (χ3v) is 4.45. The fourth-order valence-electron chi connectivity index (χ4n) is 2.48. The Morgan fingerprint density at radius 1 is 1.27 bits per heavy atom. The van der Waals surface area contributed by atoms with Crippen molar-refractivity contribution in [3.8, 4) is 0 Å². The van der Waals surface area contributed by atoms with Gasteiger partial charge >= 0.3 is 12.2 Å². The highest BCUT2D eigenvalue weighted by Gasteiger charge is 2.31. The second kappa shape index (κ2) is 7.32. The van der Waals surface area contributed by atoms with Crippen molar-refractivity contribution in [3.63, 3.8) is 0 Å². The van der Waals surface area contributed by atoms with E-state index in [1.807, 2.05) is 0 Å². The third kappa shape index (κ3) is 4.79. The van der Waals surface area contributed by atoms with Crippen molar-refractivity contribution in [1.82, 2.24) is 5.32 Å². The Hall–Kier alpha value is -2.00. The van der Waals surface area contributed by atoms with Crippen LogP contribution in [-0.4, -0.2) is 17.7 Å². The highest BCUT2D eigenvalue weighted by molar-refractivity contribution is 9.10. The number of anilines is 1. The number of urea groups is 1. The lowest BCUT2D eigenvalue weighted by Crippen LogP contribution is -2.40. The van der Waals surface area contributed by atoms with E-state index in [0.717, 1.165) is 12.1 Å². The third-order valence-electron chi connectivity index (χ3n) is 3.76. The van der Waals surface area contributed by atoms with E-state index in [0.29, 0.717) is 21.6 Å². The Labute approximate surface area is 156 Å². The molecule has 0 unspecified atom stereocenters. The van der Waals surface area contributed by atoms with E-state index < -0.39 is 23.4 Å². The summed E-state index contributed by atoms with van der Waals surface area (Å²) in [7, 11) is 0. The number of aliphatic hydroxyl groups is 1. The van der Waals surface area contributed by atoms with E-state index in [-0.39, 0.29) is 12.2 Å². The molecule has 0 aliphatic heterocycles. The van der Waals surface area contributed by atoms with E-state index in [1.54, 1.807) is 19.9 Å². The molecule has 0 saturated carbocycles. The maximum absolute atomic E-state index is 12.8. The molecule has 1 aromatic heterocycles. The van der Waals surface area contributed by atoms with Crippen LogP contribution in [0.25, 0.3) is 0 Å². The van der Waals surface area contributed by atoms with Gasteiger partial charge in [-0.05, 0) is 61.0 Å². The number of amides is 2. The van der Waals surface area contributed by atoms with Crippen LogP contribution in [0.5, 0.6) is 0 Å². The van der Waals surface area contributed by atoms with Crippen molar-refractivity contribution >= 4 is 27.6 Å². The van der Waals surface area contributed by atoms with Gasteiger partial charge in [0.2, 0.25) is 0 Å². The van der Waals surface area contributed by atoms with Crippen molar-refractivity contribution in [3.05, 3.63) is 51.4 Å². The molecule has 0 aliphatic rings. The molecule has 0 bridgehead atoms. The summed E-state index contributed by atoms with van der Waals surface area (Å²) in [5.41, 5.74) is -1.79. The number of aryl methyl sites for hydroxylation is 2. The van der Waals surface area contributed by atoms with Gasteiger partial charge in [-0.15, -0.1) is 0 Å². The zero-order valence-electron chi connectivity index (χ0n) is 14.3. The predicted molar refractivity (Wildman–Crippen MR) is 93.9 cm³/mol. The monoisotopic (exact) mass is 434 g/mol. The number of benzene rings is 1. The number of hydrogen-bond donors (Lipinski definition) is 3. The highest BCUT2D eigenvalue weighted by atomic mass is 79.9. The quantitative estimate of drug-likeness (QED) is 0.652. The minimum atomic E-state index is -4.52. The van der Waals surface area contributed by atoms with Crippen molar-refractivity contribution in [2.45, 2.75) is 32.5 Å². The fraction of sp³-hybridized carbons (Fsp3) is 0.353. The van der Waals surface area contributed by atoms with Gasteiger partial charge in [0.25, 0.3) is 0 Å². The molecule has 2 aromatic rings. The van der Waals surface area contributed by atoms with Crippen LogP contribution in [0.1, 0.15) is 29.6 Å². The smallest absolute Gasteiger partial charge is 0.416 e. The molecule has 0 spiro atoms. The zero-order chi connectivity index (χ0) is 19.7. The van der Waals surface area contributed by atoms with E-state index >= 15 is 0 Å². The second-order valence-corrected chi connectivity index (χ2v) is 6.96. The molecule has 1 atom stereocenters. The number of carbonyl (C=O) groups excluding carboxylic acids is 1. The molecular formula is C17H18BrF3N2O3. The average molecular weight is 435 g/mol. The Bertz CT molecular complexity index is 816. The minimum absolute atomic E-state index is 0.0349. The number of nitrogens with one attached hydrogen (secondary N) is 2. The molecule has 2 amide bonds. The number of rotatable bonds is 4. The molecule has 1 aromatic carbocycles. The first-order valence-electron chi connectivity index (χ1n) is 7.61. The van der Waals surface area contributed by atoms with E-state index in [4.69, 9.17) is 4.42 Å². The molecule has 142 valence electrons. The van der Waals surface area contributed by atoms with Crippen molar-refractivity contribution in [2.24, 2.45) is 0 Å². The fourth-order valence-corrected chi connectivity index (χ4v) is 2.82. The van der Waals surface area contributed by atoms with Crippen LogP contribution in [0.3, 0.4) is 0 Å². The zero-order valence-corrected chi connectivity index (χ0v) is 15.9. The maximum atomic E-state index is 12.8. The Morgan fingerprint density at radius 2 is 1.92 bits per heavy atom. The first-order chi connectivity index (χ1) is 11.9. The molecule has 0 aliphatic carbocycles. The molecular weight excluding hydrogens is 417 g/mol. The first-order valence-corrected chi connectivity index (χ1v) is 8.41. The normalized spacial score (nSPS) is 14.0. The Balaban J connectivity index is 2.06. The standard InChI is InChI=1S/C17H18BrF3N2O3/c1-9-6-12(10(2)26-9)16(3,25)8-22-15(24)23-14-7-11(17(19,20)21)4-5-13(14)18/h4-7,25H,8H2,1-3H3,(H2,22,23,24)/t16-/m0/s1. The number of halogens is 4. The number of alkyl halides is 3. The van der Waals surface area contributed by atoms with E-state index in [1.165, 1.54) is 13.0 Å². The van der Waals surface area contributed by atoms with Crippen LogP contribution >= 0.6 is 15.9 Å². The molecule has 3 N–H and O–H groups in total. The van der Waals surface area contributed by atoms with Crippen LogP contribution in [0.2, 0.25) is 0 Å².